The van der Waals surface area contributed by atoms with E-state index < -0.39 is 59.4 Å². The van der Waals surface area contributed by atoms with Gasteiger partial charge in [0, 0.05) is 44.5 Å². The lowest BCUT2D eigenvalue weighted by Gasteiger charge is -2.41. The van der Waals surface area contributed by atoms with Crippen molar-refractivity contribution in [1.82, 2.24) is 24.6 Å². The van der Waals surface area contributed by atoms with Gasteiger partial charge in [-0.3, -0.25) is 4.79 Å². The molecule has 244 valence electrons. The number of carbonyl (C=O) groups is 1. The molecule has 0 unspecified atom stereocenters. The number of hydrogen-bond acceptors (Lipinski definition) is 6. The van der Waals surface area contributed by atoms with E-state index in [9.17, 15) is 31.1 Å². The Morgan fingerprint density at radius 3 is 2.39 bits per heavy atom. The summed E-state index contributed by atoms with van der Waals surface area (Å²) < 4.78 is 118. The predicted octanol–water partition coefficient (Wildman–Crippen LogP) is 6.29. The number of benzene rings is 2. The van der Waals surface area contributed by atoms with E-state index in [1.807, 2.05) is 0 Å². The van der Waals surface area contributed by atoms with Crippen molar-refractivity contribution in [2.75, 3.05) is 24.5 Å². The predicted molar refractivity (Wildman–Crippen MR) is 149 cm³/mol. The number of rotatable bonds is 7. The van der Waals surface area contributed by atoms with Gasteiger partial charge >= 0.3 is 18.3 Å². The van der Waals surface area contributed by atoms with Gasteiger partial charge in [-0.15, -0.1) is 0 Å². The lowest BCUT2D eigenvalue weighted by atomic mass is 10.0. The summed E-state index contributed by atoms with van der Waals surface area (Å²) >= 11 is 0. The number of anilines is 1. The highest BCUT2D eigenvalue weighted by Crippen LogP contribution is 2.43. The van der Waals surface area contributed by atoms with Crippen LogP contribution in [0.15, 0.2) is 42.6 Å². The monoisotopic (exact) mass is 654 g/mol. The second kappa shape index (κ2) is 11.7. The molecule has 1 amide bonds. The fraction of sp³-hybridized carbons (Fsp3) is 0.400. The van der Waals surface area contributed by atoms with Crippen molar-refractivity contribution in [3.63, 3.8) is 0 Å². The molecule has 2 aromatic heterocycles. The van der Waals surface area contributed by atoms with E-state index in [1.165, 1.54) is 17.9 Å². The smallest absolute Gasteiger partial charge is 0.471 e. The maximum Gasteiger partial charge on any atom is 0.471 e. The molecule has 6 rings (SSSR count). The Kier molecular flexibility index (Phi) is 8.01. The van der Waals surface area contributed by atoms with Gasteiger partial charge in [-0.05, 0) is 24.0 Å². The molecule has 0 radical (unpaired) electrons. The van der Waals surface area contributed by atoms with Crippen molar-refractivity contribution in [1.29, 1.82) is 0 Å². The normalized spacial score (nSPS) is 17.5. The fourth-order valence-corrected chi connectivity index (χ4v) is 5.64. The second-order valence-electron chi connectivity index (χ2n) is 11.4. The van der Waals surface area contributed by atoms with E-state index in [2.05, 4.69) is 15.1 Å². The Labute approximate surface area is 256 Å². The summed E-state index contributed by atoms with van der Waals surface area (Å²) in [7, 11) is 1.42. The Morgan fingerprint density at radius 1 is 1.02 bits per heavy atom. The van der Waals surface area contributed by atoms with Gasteiger partial charge in [0.15, 0.2) is 23.0 Å². The van der Waals surface area contributed by atoms with Crippen LogP contribution >= 0.6 is 0 Å². The lowest BCUT2D eigenvalue weighted by Crippen LogP contribution is -2.57. The van der Waals surface area contributed by atoms with Crippen LogP contribution in [-0.4, -0.2) is 62.4 Å². The van der Waals surface area contributed by atoms with Crippen LogP contribution in [0.3, 0.4) is 0 Å². The minimum absolute atomic E-state index is 0.000925. The third-order valence-electron chi connectivity index (χ3n) is 8.09. The van der Waals surface area contributed by atoms with Crippen LogP contribution in [0.5, 0.6) is 5.75 Å². The zero-order chi connectivity index (χ0) is 33.0. The molecule has 16 heteroatoms. The summed E-state index contributed by atoms with van der Waals surface area (Å²) in [5.74, 6) is -6.07. The molecule has 8 nitrogen and oxygen atoms in total. The quantitative estimate of drug-likeness (QED) is 0.218. The molecule has 4 aromatic rings. The summed E-state index contributed by atoms with van der Waals surface area (Å²) in [6.45, 7) is -0.836. The third-order valence-corrected chi connectivity index (χ3v) is 8.09. The van der Waals surface area contributed by atoms with Gasteiger partial charge in [0.1, 0.15) is 12.3 Å². The number of nitrogens with zero attached hydrogens (tertiary/aromatic N) is 6. The van der Waals surface area contributed by atoms with Gasteiger partial charge in [-0.2, -0.15) is 36.4 Å². The largest absolute Gasteiger partial charge is 0.483 e. The number of alkyl halides is 6. The molecule has 2 aliphatic rings. The Bertz CT molecular complexity index is 1770. The van der Waals surface area contributed by atoms with Gasteiger partial charge in [-0.25, -0.2) is 18.4 Å². The van der Waals surface area contributed by atoms with Crippen molar-refractivity contribution >= 4 is 22.9 Å². The molecule has 0 spiro atoms. The van der Waals surface area contributed by atoms with Crippen LogP contribution < -0.4 is 9.64 Å². The second-order valence-corrected chi connectivity index (χ2v) is 11.4. The summed E-state index contributed by atoms with van der Waals surface area (Å²) in [6.07, 6.45) is -6.67. The first kappa shape index (κ1) is 31.5. The average Bonchev–Trinajstić information content (AvgIpc) is 3.77. The first-order chi connectivity index (χ1) is 21.7. The number of hydrogen-bond donors (Lipinski definition) is 0. The molecule has 1 aliphatic heterocycles. The summed E-state index contributed by atoms with van der Waals surface area (Å²) in [5.41, 5.74) is -2.19. The van der Waals surface area contributed by atoms with Crippen LogP contribution in [0.1, 0.15) is 30.4 Å². The average molecular weight is 655 g/mol. The minimum Gasteiger partial charge on any atom is -0.483 e. The first-order valence-electron chi connectivity index (χ1n) is 14.3. The highest BCUT2D eigenvalue weighted by Gasteiger charge is 2.46. The van der Waals surface area contributed by atoms with Gasteiger partial charge in [-0.1, -0.05) is 43.2 Å². The van der Waals surface area contributed by atoms with E-state index in [-0.39, 0.29) is 48.2 Å². The number of aromatic nitrogens is 4. The maximum atomic E-state index is 15.8. The van der Waals surface area contributed by atoms with Gasteiger partial charge in [0.05, 0.1) is 10.9 Å². The van der Waals surface area contributed by atoms with Crippen molar-refractivity contribution in [2.45, 2.75) is 44.3 Å². The Balaban J connectivity index is 1.37. The summed E-state index contributed by atoms with van der Waals surface area (Å²) in [5, 5.41) is 4.24. The molecule has 3 heterocycles. The molecule has 1 atom stereocenters. The number of ether oxygens (including phenoxy) is 1. The van der Waals surface area contributed by atoms with Crippen LogP contribution in [0.2, 0.25) is 0 Å². The van der Waals surface area contributed by atoms with E-state index in [1.54, 1.807) is 35.2 Å². The van der Waals surface area contributed by atoms with Crippen molar-refractivity contribution in [3.05, 3.63) is 65.4 Å². The highest BCUT2D eigenvalue weighted by atomic mass is 19.4. The first-order valence-corrected chi connectivity index (χ1v) is 14.3. The molecule has 1 aliphatic carbocycles. The molecule has 2 fully saturated rings. The standard InChI is InChI=1S/C30H26F8N6O2/c1-42-26-20(13-39-28(40-26)44-10-9-43(27(45)30(36,37)38)14-18(44)11-16-7-8-16)24(41-42)19-12-21(29(33,34)35)23(32)25(22(19)31)46-15-17-5-3-2-4-6-17/h2-6,12-13,16,18H,7-11,14-15H2,1H3/t18-/m0/s1. The van der Waals surface area contributed by atoms with Gasteiger partial charge < -0.3 is 14.5 Å². The molecule has 0 bridgehead atoms. The van der Waals surface area contributed by atoms with Gasteiger partial charge in [0.2, 0.25) is 5.95 Å². The highest BCUT2D eigenvalue weighted by molar-refractivity contribution is 5.92. The molecular weight excluding hydrogens is 628 g/mol. The van der Waals surface area contributed by atoms with Crippen LogP contribution in [0.25, 0.3) is 22.3 Å². The van der Waals surface area contributed by atoms with Crippen molar-refractivity contribution in [2.24, 2.45) is 13.0 Å². The van der Waals surface area contributed by atoms with E-state index in [0.29, 0.717) is 18.1 Å². The van der Waals surface area contributed by atoms with Gasteiger partial charge in [0.25, 0.3) is 0 Å². The molecule has 0 N–H and O–H groups in total. The third kappa shape index (κ3) is 6.16. The minimum atomic E-state index is -5.20. The number of piperazine rings is 1. The van der Waals surface area contributed by atoms with E-state index in [4.69, 9.17) is 4.74 Å². The molecular formula is C30H26F8N6O2. The topological polar surface area (TPSA) is 76.4 Å². The number of carbonyl (C=O) groups excluding carboxylic acids is 1. The van der Waals surface area contributed by atoms with E-state index in [0.717, 1.165) is 17.7 Å². The number of aryl methyl sites for hydroxylation is 1. The molecule has 46 heavy (non-hydrogen) atoms. The molecule has 1 saturated carbocycles. The maximum absolute atomic E-state index is 15.8. The zero-order valence-electron chi connectivity index (χ0n) is 24.2. The van der Waals surface area contributed by atoms with E-state index >= 15 is 8.78 Å². The molecule has 2 aromatic carbocycles. The Hall–Kier alpha value is -4.50. The van der Waals surface area contributed by atoms with Crippen LogP contribution in [0, 0.1) is 17.6 Å². The van der Waals surface area contributed by atoms with Crippen LogP contribution in [-0.2, 0) is 24.6 Å². The van der Waals surface area contributed by atoms with Crippen molar-refractivity contribution in [3.8, 4) is 17.0 Å². The fourth-order valence-electron chi connectivity index (χ4n) is 5.64. The SMILES string of the molecule is Cn1nc(-c2cc(C(F)(F)F)c(F)c(OCc3ccccc3)c2F)c2cnc(N3CCN(C(=O)C(F)(F)F)C[C@@H]3CC3CC3)nc21. The summed E-state index contributed by atoms with van der Waals surface area (Å²) in [4.78, 5) is 23.2. The molecule has 1 saturated heterocycles. The number of amides is 1. The van der Waals surface area contributed by atoms with Crippen LogP contribution in [0.4, 0.5) is 41.1 Å². The number of fused-ring (bicyclic) bond motifs is 1. The lowest BCUT2D eigenvalue weighted by molar-refractivity contribution is -0.186. The van der Waals surface area contributed by atoms with Crippen molar-refractivity contribution < 1.29 is 44.7 Å². The Morgan fingerprint density at radius 2 is 1.74 bits per heavy atom. The summed E-state index contributed by atoms with van der Waals surface area (Å²) in [6, 6.07) is 7.91. The zero-order valence-corrected chi connectivity index (χ0v) is 24.2. The number of halogens is 8.